The second-order valence-corrected chi connectivity index (χ2v) is 6.97. The summed E-state index contributed by atoms with van der Waals surface area (Å²) in [5.74, 6) is -0.688. The lowest BCUT2D eigenvalue weighted by Gasteiger charge is -2.22. The van der Waals surface area contributed by atoms with Crippen LogP contribution in [0.3, 0.4) is 0 Å². The van der Waals surface area contributed by atoms with Gasteiger partial charge >= 0.3 is 5.97 Å². The molecule has 2 rings (SSSR count). The standard InChI is InChI=1S/C21H24N2O4/c1-21(2,3)17-7-5-6-8-18(17)23-19(24)14-27-22-13-15-9-11-16(12-10-15)20(25)26-4/h5-13H,14H2,1-4H3,(H,23,24)/b22-13+. The van der Waals surface area contributed by atoms with Crippen LogP contribution in [0.5, 0.6) is 0 Å². The first-order valence-corrected chi connectivity index (χ1v) is 8.54. The van der Waals surface area contributed by atoms with Crippen molar-refractivity contribution in [3.63, 3.8) is 0 Å². The number of carbonyl (C=O) groups is 2. The predicted octanol–water partition coefficient (Wildman–Crippen LogP) is 3.76. The minimum absolute atomic E-state index is 0.0841. The summed E-state index contributed by atoms with van der Waals surface area (Å²) in [6.07, 6.45) is 1.47. The van der Waals surface area contributed by atoms with Gasteiger partial charge in [0.05, 0.1) is 18.9 Å². The molecule has 0 radical (unpaired) electrons. The van der Waals surface area contributed by atoms with Crippen LogP contribution in [0.25, 0.3) is 0 Å². The molecule has 1 amide bonds. The average Bonchev–Trinajstić information content (AvgIpc) is 2.64. The molecule has 0 aliphatic carbocycles. The normalized spacial score (nSPS) is 11.3. The van der Waals surface area contributed by atoms with E-state index in [0.29, 0.717) is 5.56 Å². The molecule has 0 saturated carbocycles. The van der Waals surface area contributed by atoms with Gasteiger partial charge in [-0.2, -0.15) is 0 Å². The smallest absolute Gasteiger partial charge is 0.337 e. The van der Waals surface area contributed by atoms with Crippen molar-refractivity contribution in [2.24, 2.45) is 5.16 Å². The van der Waals surface area contributed by atoms with Gasteiger partial charge in [0.15, 0.2) is 6.61 Å². The number of hydrogen-bond donors (Lipinski definition) is 1. The highest BCUT2D eigenvalue weighted by molar-refractivity contribution is 5.93. The van der Waals surface area contributed by atoms with E-state index in [-0.39, 0.29) is 17.9 Å². The van der Waals surface area contributed by atoms with Crippen molar-refractivity contribution < 1.29 is 19.2 Å². The van der Waals surface area contributed by atoms with Crippen molar-refractivity contribution in [1.29, 1.82) is 0 Å². The first-order valence-electron chi connectivity index (χ1n) is 8.54. The molecule has 2 aromatic rings. The topological polar surface area (TPSA) is 77.0 Å². The summed E-state index contributed by atoms with van der Waals surface area (Å²) in [5.41, 5.74) is 2.92. The third kappa shape index (κ3) is 5.95. The Morgan fingerprint density at radius 1 is 1.07 bits per heavy atom. The molecule has 0 atom stereocenters. The Kier molecular flexibility index (Phi) is 6.71. The third-order valence-corrected chi connectivity index (χ3v) is 3.81. The number of nitrogens with zero attached hydrogens (tertiary/aromatic N) is 1. The van der Waals surface area contributed by atoms with Crippen LogP contribution in [-0.2, 0) is 19.8 Å². The van der Waals surface area contributed by atoms with Crippen molar-refractivity contribution in [1.82, 2.24) is 0 Å². The van der Waals surface area contributed by atoms with Crippen molar-refractivity contribution in [3.05, 3.63) is 65.2 Å². The summed E-state index contributed by atoms with van der Waals surface area (Å²) < 4.78 is 4.64. The van der Waals surface area contributed by atoms with Crippen LogP contribution in [0.15, 0.2) is 53.7 Å². The first kappa shape index (κ1) is 20.2. The minimum atomic E-state index is -0.401. The number of esters is 1. The Labute approximate surface area is 159 Å². The predicted molar refractivity (Wildman–Crippen MR) is 105 cm³/mol. The maximum absolute atomic E-state index is 12.1. The van der Waals surface area contributed by atoms with Gasteiger partial charge in [-0.25, -0.2) is 4.79 Å². The quantitative estimate of drug-likeness (QED) is 0.478. The SMILES string of the molecule is COC(=O)c1ccc(/C=N/OCC(=O)Nc2ccccc2C(C)(C)C)cc1. The summed E-state index contributed by atoms with van der Waals surface area (Å²) in [6.45, 7) is 6.06. The van der Waals surface area contributed by atoms with Crippen molar-refractivity contribution in [2.45, 2.75) is 26.2 Å². The molecule has 2 aromatic carbocycles. The van der Waals surface area contributed by atoms with E-state index < -0.39 is 5.97 Å². The van der Waals surface area contributed by atoms with Crippen LogP contribution in [0, 0.1) is 0 Å². The second-order valence-electron chi connectivity index (χ2n) is 6.97. The van der Waals surface area contributed by atoms with E-state index in [1.807, 2.05) is 24.3 Å². The number of ether oxygens (including phenoxy) is 1. The van der Waals surface area contributed by atoms with Gasteiger partial charge in [0.2, 0.25) is 0 Å². The number of amides is 1. The lowest BCUT2D eigenvalue weighted by molar-refractivity contribution is -0.120. The van der Waals surface area contributed by atoms with E-state index in [9.17, 15) is 9.59 Å². The summed E-state index contributed by atoms with van der Waals surface area (Å²) in [6, 6.07) is 14.4. The Balaban J connectivity index is 1.88. The molecule has 0 aromatic heterocycles. The van der Waals surface area contributed by atoms with Gasteiger partial charge in [-0.1, -0.05) is 56.3 Å². The zero-order valence-electron chi connectivity index (χ0n) is 16.0. The van der Waals surface area contributed by atoms with Crippen molar-refractivity contribution >= 4 is 23.8 Å². The Hall–Kier alpha value is -3.15. The van der Waals surface area contributed by atoms with Gasteiger partial charge in [-0.15, -0.1) is 0 Å². The van der Waals surface area contributed by atoms with E-state index in [0.717, 1.165) is 16.8 Å². The number of rotatable bonds is 6. The molecule has 6 heteroatoms. The summed E-state index contributed by atoms with van der Waals surface area (Å²) in [5, 5.41) is 6.64. The third-order valence-electron chi connectivity index (χ3n) is 3.81. The summed E-state index contributed by atoms with van der Waals surface area (Å²) in [4.78, 5) is 28.5. The molecule has 0 saturated heterocycles. The average molecular weight is 368 g/mol. The minimum Gasteiger partial charge on any atom is -0.465 e. The number of methoxy groups -OCH3 is 1. The summed E-state index contributed by atoms with van der Waals surface area (Å²) >= 11 is 0. The fraction of sp³-hybridized carbons (Fsp3) is 0.286. The highest BCUT2D eigenvalue weighted by Crippen LogP contribution is 2.29. The van der Waals surface area contributed by atoms with E-state index in [4.69, 9.17) is 4.84 Å². The van der Waals surface area contributed by atoms with Crippen molar-refractivity contribution in [3.8, 4) is 0 Å². The number of carbonyl (C=O) groups excluding carboxylic acids is 2. The molecule has 1 N–H and O–H groups in total. The number of benzene rings is 2. The van der Waals surface area contributed by atoms with Crippen LogP contribution in [0.1, 0.15) is 42.3 Å². The highest BCUT2D eigenvalue weighted by atomic mass is 16.6. The van der Waals surface area contributed by atoms with Gasteiger partial charge in [0.25, 0.3) is 5.91 Å². The molecule has 0 heterocycles. The van der Waals surface area contributed by atoms with Gasteiger partial charge in [-0.3, -0.25) is 4.79 Å². The molecule has 0 spiro atoms. The van der Waals surface area contributed by atoms with E-state index in [1.54, 1.807) is 24.3 Å². The van der Waals surface area contributed by atoms with E-state index in [2.05, 4.69) is 36.0 Å². The number of hydrogen-bond acceptors (Lipinski definition) is 5. The number of anilines is 1. The van der Waals surface area contributed by atoms with Crippen LogP contribution in [0.2, 0.25) is 0 Å². The molecular formula is C21H24N2O4. The molecule has 142 valence electrons. The van der Waals surface area contributed by atoms with E-state index in [1.165, 1.54) is 13.3 Å². The van der Waals surface area contributed by atoms with Gasteiger partial charge in [0.1, 0.15) is 0 Å². The monoisotopic (exact) mass is 368 g/mol. The fourth-order valence-corrected chi connectivity index (χ4v) is 2.45. The van der Waals surface area contributed by atoms with Gasteiger partial charge in [0, 0.05) is 5.69 Å². The molecule has 0 aliphatic rings. The number of para-hydroxylation sites is 1. The molecule has 0 aliphatic heterocycles. The maximum atomic E-state index is 12.1. The fourth-order valence-electron chi connectivity index (χ4n) is 2.45. The van der Waals surface area contributed by atoms with Crippen LogP contribution in [-0.4, -0.2) is 31.8 Å². The molecule has 27 heavy (non-hydrogen) atoms. The molecule has 0 bridgehead atoms. The van der Waals surface area contributed by atoms with Crippen LogP contribution < -0.4 is 5.32 Å². The Morgan fingerprint density at radius 3 is 2.37 bits per heavy atom. The Bertz CT molecular complexity index is 821. The number of oxime groups is 1. The van der Waals surface area contributed by atoms with Crippen molar-refractivity contribution in [2.75, 3.05) is 19.0 Å². The molecule has 0 fully saturated rings. The zero-order chi connectivity index (χ0) is 19.9. The molecule has 6 nitrogen and oxygen atoms in total. The lowest BCUT2D eigenvalue weighted by atomic mass is 9.86. The Morgan fingerprint density at radius 2 is 1.74 bits per heavy atom. The van der Waals surface area contributed by atoms with Gasteiger partial charge < -0.3 is 14.9 Å². The second kappa shape index (κ2) is 8.98. The zero-order valence-corrected chi connectivity index (χ0v) is 16.0. The number of nitrogens with one attached hydrogen (secondary N) is 1. The summed E-state index contributed by atoms with van der Waals surface area (Å²) in [7, 11) is 1.33. The first-order chi connectivity index (χ1) is 12.8. The molecule has 0 unspecified atom stereocenters. The van der Waals surface area contributed by atoms with Crippen LogP contribution in [0.4, 0.5) is 5.69 Å². The lowest BCUT2D eigenvalue weighted by Crippen LogP contribution is -2.21. The van der Waals surface area contributed by atoms with Crippen LogP contribution >= 0.6 is 0 Å². The molecular weight excluding hydrogens is 344 g/mol. The van der Waals surface area contributed by atoms with E-state index >= 15 is 0 Å². The maximum Gasteiger partial charge on any atom is 0.337 e. The largest absolute Gasteiger partial charge is 0.465 e. The van der Waals surface area contributed by atoms with Gasteiger partial charge in [-0.05, 0) is 34.7 Å². The highest BCUT2D eigenvalue weighted by Gasteiger charge is 2.18.